The molecule has 1 amide bonds. The largest absolute Gasteiger partial charge is 0.507 e. The number of aliphatic hydroxyl groups excluding tert-OH is 1. The molecule has 1 fully saturated rings. The van der Waals surface area contributed by atoms with Crippen LogP contribution in [0.25, 0.3) is 5.76 Å². The van der Waals surface area contributed by atoms with E-state index in [0.717, 1.165) is 0 Å². The van der Waals surface area contributed by atoms with E-state index in [1.54, 1.807) is 30.3 Å². The van der Waals surface area contributed by atoms with Crippen LogP contribution in [-0.2, 0) is 9.59 Å². The van der Waals surface area contributed by atoms with Gasteiger partial charge in [0.2, 0.25) is 0 Å². The highest BCUT2D eigenvalue weighted by atomic mass is 16.6. The number of rotatable bonds is 6. The Morgan fingerprint density at radius 3 is 2.41 bits per heavy atom. The molecule has 0 aromatic heterocycles. The third kappa shape index (κ3) is 3.56. The van der Waals surface area contributed by atoms with Crippen molar-refractivity contribution in [2.75, 3.05) is 13.7 Å². The predicted octanol–water partition coefficient (Wildman–Crippen LogP) is 3.44. The molecule has 1 atom stereocenters. The number of nitro groups is 1. The number of carbonyl (C=O) groups is 2. The Morgan fingerprint density at radius 1 is 1.17 bits per heavy atom. The number of nitro benzene ring substituents is 1. The zero-order valence-electron chi connectivity index (χ0n) is 16.0. The molecule has 0 spiro atoms. The van der Waals surface area contributed by atoms with Gasteiger partial charge in [0.25, 0.3) is 17.4 Å². The number of para-hydroxylation sites is 1. The quantitative estimate of drug-likeness (QED) is 0.263. The van der Waals surface area contributed by atoms with E-state index in [2.05, 4.69) is 0 Å². The van der Waals surface area contributed by atoms with Gasteiger partial charge in [0, 0.05) is 18.2 Å². The van der Waals surface area contributed by atoms with Crippen LogP contribution in [0.3, 0.4) is 0 Å². The van der Waals surface area contributed by atoms with Crippen molar-refractivity contribution >= 4 is 23.1 Å². The van der Waals surface area contributed by atoms with Gasteiger partial charge in [-0.3, -0.25) is 19.7 Å². The van der Waals surface area contributed by atoms with E-state index in [-0.39, 0.29) is 29.1 Å². The molecule has 0 aliphatic carbocycles. The summed E-state index contributed by atoms with van der Waals surface area (Å²) in [4.78, 5) is 37.7. The van der Waals surface area contributed by atoms with Crippen LogP contribution in [0.5, 0.6) is 5.75 Å². The molecular weight excluding hydrogens is 376 g/mol. The molecule has 0 unspecified atom stereocenters. The average Bonchev–Trinajstić information content (AvgIpc) is 2.98. The van der Waals surface area contributed by atoms with Crippen molar-refractivity contribution in [1.82, 2.24) is 4.90 Å². The van der Waals surface area contributed by atoms with E-state index in [4.69, 9.17) is 4.74 Å². The fraction of sp³-hybridized carbons (Fsp3) is 0.238. The molecule has 8 heteroatoms. The lowest BCUT2D eigenvalue weighted by molar-refractivity contribution is -0.385. The van der Waals surface area contributed by atoms with Crippen molar-refractivity contribution < 1.29 is 24.4 Å². The minimum Gasteiger partial charge on any atom is -0.507 e. The number of aliphatic hydroxyl groups is 1. The van der Waals surface area contributed by atoms with Gasteiger partial charge in [-0.1, -0.05) is 19.1 Å². The highest BCUT2D eigenvalue weighted by molar-refractivity contribution is 6.46. The maximum Gasteiger partial charge on any atom is 0.295 e. The molecule has 150 valence electrons. The molecule has 0 radical (unpaired) electrons. The summed E-state index contributed by atoms with van der Waals surface area (Å²) in [5, 5.41) is 22.4. The molecule has 3 rings (SSSR count). The molecule has 0 bridgehead atoms. The SMILES string of the molecule is CCCN1C(=O)C(=O)C(=C(O)c2ccc(OC)cc2)[C@@H]1c1ccccc1[N+](=O)[O-]. The van der Waals surface area contributed by atoms with E-state index in [9.17, 15) is 24.8 Å². The number of Topliss-reactive ketones (excluding diaryl/α,β-unsaturated/α-hetero) is 1. The molecule has 1 N–H and O–H groups in total. The summed E-state index contributed by atoms with van der Waals surface area (Å²) >= 11 is 0. The van der Waals surface area contributed by atoms with Gasteiger partial charge in [-0.2, -0.15) is 0 Å². The van der Waals surface area contributed by atoms with Gasteiger partial charge in [-0.15, -0.1) is 0 Å². The van der Waals surface area contributed by atoms with Gasteiger partial charge < -0.3 is 14.7 Å². The smallest absolute Gasteiger partial charge is 0.295 e. The standard InChI is InChI=1S/C21H20N2O6/c1-3-12-22-18(15-6-4-5-7-16(15)23(27)28)17(20(25)21(22)26)19(24)13-8-10-14(29-2)11-9-13/h4-11,18,24H,3,12H2,1-2H3/t18-/m0/s1. The molecule has 2 aromatic rings. The van der Waals surface area contributed by atoms with Crippen molar-refractivity contribution in [3.63, 3.8) is 0 Å². The predicted molar refractivity (Wildman–Crippen MR) is 105 cm³/mol. The zero-order valence-corrected chi connectivity index (χ0v) is 16.0. The van der Waals surface area contributed by atoms with Crippen molar-refractivity contribution in [2.45, 2.75) is 19.4 Å². The number of benzene rings is 2. The fourth-order valence-electron chi connectivity index (χ4n) is 3.46. The van der Waals surface area contributed by atoms with E-state index in [1.165, 1.54) is 30.2 Å². The van der Waals surface area contributed by atoms with Gasteiger partial charge in [0.05, 0.1) is 29.2 Å². The summed E-state index contributed by atoms with van der Waals surface area (Å²) in [6, 6.07) is 11.2. The first-order chi connectivity index (χ1) is 13.9. The lowest BCUT2D eigenvalue weighted by Crippen LogP contribution is -2.30. The van der Waals surface area contributed by atoms with Gasteiger partial charge >= 0.3 is 0 Å². The molecule has 1 aliphatic rings. The average molecular weight is 396 g/mol. The fourth-order valence-corrected chi connectivity index (χ4v) is 3.46. The highest BCUT2D eigenvalue weighted by Gasteiger charge is 2.47. The third-order valence-corrected chi connectivity index (χ3v) is 4.80. The van der Waals surface area contributed by atoms with Crippen LogP contribution in [0.1, 0.15) is 30.5 Å². The lowest BCUT2D eigenvalue weighted by Gasteiger charge is -2.24. The van der Waals surface area contributed by atoms with E-state index < -0.39 is 22.7 Å². The third-order valence-electron chi connectivity index (χ3n) is 4.80. The van der Waals surface area contributed by atoms with Crippen molar-refractivity contribution in [3.8, 4) is 5.75 Å². The van der Waals surface area contributed by atoms with Crippen LogP contribution in [0.15, 0.2) is 54.1 Å². The summed E-state index contributed by atoms with van der Waals surface area (Å²) in [6.45, 7) is 2.06. The van der Waals surface area contributed by atoms with Crippen molar-refractivity contribution in [3.05, 3.63) is 75.3 Å². The second-order valence-electron chi connectivity index (χ2n) is 6.54. The number of hydrogen-bond donors (Lipinski definition) is 1. The number of hydrogen-bond acceptors (Lipinski definition) is 6. The van der Waals surface area contributed by atoms with Gasteiger partial charge in [-0.25, -0.2) is 0 Å². The lowest BCUT2D eigenvalue weighted by atomic mass is 9.94. The van der Waals surface area contributed by atoms with Gasteiger partial charge in [0.1, 0.15) is 11.5 Å². The van der Waals surface area contributed by atoms with Crippen LogP contribution in [0.2, 0.25) is 0 Å². The monoisotopic (exact) mass is 396 g/mol. The second-order valence-corrected chi connectivity index (χ2v) is 6.54. The van der Waals surface area contributed by atoms with E-state index >= 15 is 0 Å². The number of likely N-dealkylation sites (tertiary alicyclic amines) is 1. The number of ether oxygens (including phenoxy) is 1. The summed E-state index contributed by atoms with van der Waals surface area (Å²) < 4.78 is 5.09. The highest BCUT2D eigenvalue weighted by Crippen LogP contribution is 2.42. The molecule has 2 aromatic carbocycles. The molecule has 8 nitrogen and oxygen atoms in total. The minimum atomic E-state index is -1.04. The Kier molecular flexibility index (Phi) is 5.63. The number of nitrogens with zero attached hydrogens (tertiary/aromatic N) is 2. The van der Waals surface area contributed by atoms with E-state index in [0.29, 0.717) is 17.7 Å². The molecule has 1 heterocycles. The normalized spacial score (nSPS) is 18.1. The molecular formula is C21H20N2O6. The molecule has 29 heavy (non-hydrogen) atoms. The minimum absolute atomic E-state index is 0.164. The first-order valence-corrected chi connectivity index (χ1v) is 9.06. The summed E-state index contributed by atoms with van der Waals surface area (Å²) in [6.07, 6.45) is 0.548. The molecule has 1 saturated heterocycles. The van der Waals surface area contributed by atoms with Crippen molar-refractivity contribution in [2.24, 2.45) is 0 Å². The van der Waals surface area contributed by atoms with Crippen molar-refractivity contribution in [1.29, 1.82) is 0 Å². The summed E-state index contributed by atoms with van der Waals surface area (Å²) in [5.41, 5.74) is 0.105. The van der Waals surface area contributed by atoms with Crippen LogP contribution in [0.4, 0.5) is 5.69 Å². The van der Waals surface area contributed by atoms with Crippen LogP contribution < -0.4 is 4.74 Å². The Bertz CT molecular complexity index is 996. The van der Waals surface area contributed by atoms with Gasteiger partial charge in [0.15, 0.2) is 0 Å². The molecule has 1 aliphatic heterocycles. The Labute approximate surface area is 167 Å². The number of ketones is 1. The Hall–Kier alpha value is -3.68. The van der Waals surface area contributed by atoms with Gasteiger partial charge in [-0.05, 0) is 36.8 Å². The number of methoxy groups -OCH3 is 1. The first-order valence-electron chi connectivity index (χ1n) is 9.06. The van der Waals surface area contributed by atoms with Crippen LogP contribution in [0, 0.1) is 10.1 Å². The van der Waals surface area contributed by atoms with E-state index in [1.807, 2.05) is 6.92 Å². The Morgan fingerprint density at radius 2 is 1.83 bits per heavy atom. The maximum atomic E-state index is 12.8. The summed E-state index contributed by atoms with van der Waals surface area (Å²) in [5.74, 6) is -1.48. The molecule has 0 saturated carbocycles. The number of amides is 1. The number of carbonyl (C=O) groups excluding carboxylic acids is 2. The summed E-state index contributed by atoms with van der Waals surface area (Å²) in [7, 11) is 1.50. The van der Waals surface area contributed by atoms with Crippen LogP contribution >= 0.6 is 0 Å². The Balaban J connectivity index is 2.23. The van der Waals surface area contributed by atoms with Crippen LogP contribution in [-0.4, -0.2) is 40.3 Å². The zero-order chi connectivity index (χ0) is 21.1. The second kappa shape index (κ2) is 8.14. The first kappa shape index (κ1) is 20.1. The maximum absolute atomic E-state index is 12.8. The topological polar surface area (TPSA) is 110 Å².